The maximum absolute atomic E-state index is 11.6. The van der Waals surface area contributed by atoms with E-state index in [4.69, 9.17) is 0 Å². The van der Waals surface area contributed by atoms with E-state index in [2.05, 4.69) is 16.0 Å². The Morgan fingerprint density at radius 2 is 2.33 bits per heavy atom. The fraction of sp³-hybridized carbons (Fsp3) is 0.800. The molecule has 2 atom stereocenters. The van der Waals surface area contributed by atoms with Gasteiger partial charge in [0.15, 0.2) is 0 Å². The van der Waals surface area contributed by atoms with Crippen LogP contribution in [0.15, 0.2) is 0 Å². The summed E-state index contributed by atoms with van der Waals surface area (Å²) in [5.74, 6) is 0.155. The van der Waals surface area contributed by atoms with Gasteiger partial charge in [-0.2, -0.15) is 0 Å². The quantitative estimate of drug-likeness (QED) is 0.568. The SMILES string of the molecule is O=C1CCC(CNC(=O)[C@H]2CCCN2)N1. The van der Waals surface area contributed by atoms with E-state index >= 15 is 0 Å². The zero-order valence-corrected chi connectivity index (χ0v) is 8.71. The fourth-order valence-electron chi connectivity index (χ4n) is 2.09. The lowest BCUT2D eigenvalue weighted by Crippen LogP contribution is -2.45. The first-order chi connectivity index (χ1) is 7.25. The van der Waals surface area contributed by atoms with Crippen molar-refractivity contribution in [2.24, 2.45) is 0 Å². The molecule has 0 aromatic heterocycles. The Labute approximate surface area is 89.0 Å². The molecule has 0 aliphatic carbocycles. The van der Waals surface area contributed by atoms with E-state index in [0.717, 1.165) is 25.8 Å². The van der Waals surface area contributed by atoms with E-state index in [-0.39, 0.29) is 23.9 Å². The monoisotopic (exact) mass is 211 g/mol. The van der Waals surface area contributed by atoms with Gasteiger partial charge in [0.2, 0.25) is 11.8 Å². The van der Waals surface area contributed by atoms with Crippen LogP contribution in [0, 0.1) is 0 Å². The van der Waals surface area contributed by atoms with Crippen molar-refractivity contribution in [3.63, 3.8) is 0 Å². The van der Waals surface area contributed by atoms with Crippen molar-refractivity contribution in [2.75, 3.05) is 13.1 Å². The maximum atomic E-state index is 11.6. The summed E-state index contributed by atoms with van der Waals surface area (Å²) in [6.07, 6.45) is 3.40. The lowest BCUT2D eigenvalue weighted by atomic mass is 10.2. The Kier molecular flexibility index (Phi) is 3.20. The molecule has 2 saturated heterocycles. The van der Waals surface area contributed by atoms with E-state index in [1.807, 2.05) is 0 Å². The number of amides is 2. The van der Waals surface area contributed by atoms with Crippen molar-refractivity contribution < 1.29 is 9.59 Å². The Morgan fingerprint density at radius 1 is 1.47 bits per heavy atom. The highest BCUT2D eigenvalue weighted by Crippen LogP contribution is 2.07. The van der Waals surface area contributed by atoms with Crippen molar-refractivity contribution in [3.05, 3.63) is 0 Å². The molecule has 2 rings (SSSR count). The van der Waals surface area contributed by atoms with Gasteiger partial charge in [0, 0.05) is 19.0 Å². The minimum atomic E-state index is -0.0258. The second-order valence-corrected chi connectivity index (χ2v) is 4.20. The predicted octanol–water partition coefficient (Wildman–Crippen LogP) is -0.867. The van der Waals surface area contributed by atoms with E-state index < -0.39 is 0 Å². The molecule has 2 heterocycles. The van der Waals surface area contributed by atoms with Gasteiger partial charge in [-0.3, -0.25) is 9.59 Å². The summed E-state index contributed by atoms with van der Waals surface area (Å²) in [6, 6.07) is 0.102. The Hall–Kier alpha value is -1.10. The summed E-state index contributed by atoms with van der Waals surface area (Å²) in [4.78, 5) is 22.5. The molecule has 2 aliphatic heterocycles. The topological polar surface area (TPSA) is 70.2 Å². The highest BCUT2D eigenvalue weighted by atomic mass is 16.2. The predicted molar refractivity (Wildman–Crippen MR) is 55.2 cm³/mol. The number of hydrogen-bond donors (Lipinski definition) is 3. The molecule has 5 nitrogen and oxygen atoms in total. The molecule has 3 N–H and O–H groups in total. The van der Waals surface area contributed by atoms with Gasteiger partial charge in [0.1, 0.15) is 0 Å². The van der Waals surface area contributed by atoms with Crippen LogP contribution < -0.4 is 16.0 Å². The van der Waals surface area contributed by atoms with Crippen LogP contribution >= 0.6 is 0 Å². The van der Waals surface area contributed by atoms with Crippen LogP contribution in [0.3, 0.4) is 0 Å². The second-order valence-electron chi connectivity index (χ2n) is 4.20. The summed E-state index contributed by atoms with van der Waals surface area (Å²) in [6.45, 7) is 1.49. The first-order valence-electron chi connectivity index (χ1n) is 5.56. The molecule has 2 aliphatic rings. The molecule has 0 bridgehead atoms. The number of nitrogens with one attached hydrogen (secondary N) is 3. The van der Waals surface area contributed by atoms with Gasteiger partial charge < -0.3 is 16.0 Å². The standard InChI is InChI=1S/C10H17N3O2/c14-9-4-3-7(13-9)6-12-10(15)8-2-1-5-11-8/h7-8,11H,1-6H2,(H,12,15)(H,13,14)/t7?,8-/m1/s1. The van der Waals surface area contributed by atoms with Crippen LogP contribution in [0.2, 0.25) is 0 Å². The van der Waals surface area contributed by atoms with Gasteiger partial charge in [0.25, 0.3) is 0 Å². The molecule has 2 fully saturated rings. The van der Waals surface area contributed by atoms with Gasteiger partial charge in [-0.25, -0.2) is 0 Å². The minimum absolute atomic E-state index is 0.0258. The Balaban J connectivity index is 1.68. The van der Waals surface area contributed by atoms with Crippen LogP contribution in [0.25, 0.3) is 0 Å². The summed E-state index contributed by atoms with van der Waals surface area (Å²) in [5, 5.41) is 8.84. The van der Waals surface area contributed by atoms with E-state index in [1.165, 1.54) is 0 Å². The average molecular weight is 211 g/mol. The van der Waals surface area contributed by atoms with Crippen LogP contribution in [0.1, 0.15) is 25.7 Å². The normalized spacial score (nSPS) is 30.3. The summed E-state index contributed by atoms with van der Waals surface area (Å²) in [7, 11) is 0. The summed E-state index contributed by atoms with van der Waals surface area (Å²) >= 11 is 0. The van der Waals surface area contributed by atoms with Gasteiger partial charge in [-0.15, -0.1) is 0 Å². The van der Waals surface area contributed by atoms with E-state index in [0.29, 0.717) is 13.0 Å². The first-order valence-corrected chi connectivity index (χ1v) is 5.56. The maximum Gasteiger partial charge on any atom is 0.237 e. The van der Waals surface area contributed by atoms with Crippen LogP contribution in [0.4, 0.5) is 0 Å². The number of hydrogen-bond acceptors (Lipinski definition) is 3. The molecule has 2 amide bonds. The van der Waals surface area contributed by atoms with Crippen molar-refractivity contribution in [1.82, 2.24) is 16.0 Å². The largest absolute Gasteiger partial charge is 0.353 e. The molecule has 0 saturated carbocycles. The Morgan fingerprint density at radius 3 is 2.93 bits per heavy atom. The third-order valence-corrected chi connectivity index (χ3v) is 2.98. The minimum Gasteiger partial charge on any atom is -0.353 e. The summed E-state index contributed by atoms with van der Waals surface area (Å²) in [5.41, 5.74) is 0. The number of rotatable bonds is 3. The van der Waals surface area contributed by atoms with Gasteiger partial charge in [-0.1, -0.05) is 0 Å². The second kappa shape index (κ2) is 4.61. The molecule has 15 heavy (non-hydrogen) atoms. The summed E-state index contributed by atoms with van der Waals surface area (Å²) < 4.78 is 0. The molecule has 0 aromatic carbocycles. The molecule has 0 radical (unpaired) electrons. The lowest BCUT2D eigenvalue weighted by Gasteiger charge is -2.14. The molecule has 0 aromatic rings. The van der Waals surface area contributed by atoms with Crippen LogP contribution in [0.5, 0.6) is 0 Å². The molecule has 1 unspecified atom stereocenters. The molecule has 0 spiro atoms. The van der Waals surface area contributed by atoms with Crippen molar-refractivity contribution in [2.45, 2.75) is 37.8 Å². The number of carbonyl (C=O) groups is 2. The highest BCUT2D eigenvalue weighted by Gasteiger charge is 2.24. The third kappa shape index (κ3) is 2.68. The van der Waals surface area contributed by atoms with Gasteiger partial charge in [-0.05, 0) is 25.8 Å². The van der Waals surface area contributed by atoms with E-state index in [1.54, 1.807) is 0 Å². The highest BCUT2D eigenvalue weighted by molar-refractivity contribution is 5.82. The number of carbonyl (C=O) groups excluding carboxylic acids is 2. The Bertz CT molecular complexity index is 261. The zero-order valence-electron chi connectivity index (χ0n) is 8.71. The van der Waals surface area contributed by atoms with Crippen LogP contribution in [-0.2, 0) is 9.59 Å². The lowest BCUT2D eigenvalue weighted by molar-refractivity contribution is -0.123. The van der Waals surface area contributed by atoms with Crippen molar-refractivity contribution in [1.29, 1.82) is 0 Å². The van der Waals surface area contributed by atoms with Crippen molar-refractivity contribution >= 4 is 11.8 Å². The average Bonchev–Trinajstić information content (AvgIpc) is 2.84. The molecular formula is C10H17N3O2. The van der Waals surface area contributed by atoms with E-state index in [9.17, 15) is 9.59 Å². The van der Waals surface area contributed by atoms with Crippen LogP contribution in [-0.4, -0.2) is 37.0 Å². The van der Waals surface area contributed by atoms with Gasteiger partial charge in [0.05, 0.1) is 6.04 Å². The molecular weight excluding hydrogens is 194 g/mol. The third-order valence-electron chi connectivity index (χ3n) is 2.98. The zero-order chi connectivity index (χ0) is 10.7. The molecule has 5 heteroatoms. The fourth-order valence-corrected chi connectivity index (χ4v) is 2.09. The molecule has 84 valence electrons. The first kappa shape index (κ1) is 10.4. The van der Waals surface area contributed by atoms with Crippen molar-refractivity contribution in [3.8, 4) is 0 Å². The van der Waals surface area contributed by atoms with Gasteiger partial charge >= 0.3 is 0 Å². The smallest absolute Gasteiger partial charge is 0.237 e.